The number of aryl methyl sites for hydroxylation is 1. The van der Waals surface area contributed by atoms with Crippen molar-refractivity contribution in [1.82, 2.24) is 20.1 Å². The zero-order valence-electron chi connectivity index (χ0n) is 11.4. The number of nitrogens with one attached hydrogen (secondary N) is 1. The highest BCUT2D eigenvalue weighted by Crippen LogP contribution is 2.09. The summed E-state index contributed by atoms with van der Waals surface area (Å²) in [4.78, 5) is 15.8. The number of carbonyl (C=O) groups is 1. The first kappa shape index (κ1) is 14.6. The molecule has 0 spiro atoms. The van der Waals surface area contributed by atoms with Crippen LogP contribution in [0.25, 0.3) is 0 Å². The number of nitrogens with zero attached hydrogens (tertiary/aromatic N) is 3. The fourth-order valence-electron chi connectivity index (χ4n) is 1.68. The van der Waals surface area contributed by atoms with E-state index < -0.39 is 0 Å². The summed E-state index contributed by atoms with van der Waals surface area (Å²) in [5, 5.41) is 6.94. The third-order valence-electron chi connectivity index (χ3n) is 2.81. The fourth-order valence-corrected chi connectivity index (χ4v) is 1.68. The monoisotopic (exact) mass is 253 g/mol. The SMILES string of the molecule is CC(N)CCCC(C)C(=O)NCc1ncn(C)n1. The zero-order valence-corrected chi connectivity index (χ0v) is 11.4. The van der Waals surface area contributed by atoms with Crippen molar-refractivity contribution in [2.24, 2.45) is 18.7 Å². The lowest BCUT2D eigenvalue weighted by molar-refractivity contribution is -0.124. The first-order chi connectivity index (χ1) is 8.49. The molecule has 2 unspecified atom stereocenters. The summed E-state index contributed by atoms with van der Waals surface area (Å²) in [5.74, 6) is 0.688. The van der Waals surface area contributed by atoms with Crippen LogP contribution in [0.3, 0.4) is 0 Å². The van der Waals surface area contributed by atoms with E-state index in [0.717, 1.165) is 19.3 Å². The van der Waals surface area contributed by atoms with E-state index in [1.54, 1.807) is 18.1 Å². The summed E-state index contributed by atoms with van der Waals surface area (Å²) in [7, 11) is 1.80. The number of amides is 1. The molecule has 1 amide bonds. The highest BCUT2D eigenvalue weighted by molar-refractivity contribution is 5.78. The maximum atomic E-state index is 11.8. The number of hydrogen-bond donors (Lipinski definition) is 2. The zero-order chi connectivity index (χ0) is 13.5. The Kier molecular flexibility index (Phi) is 5.77. The Hall–Kier alpha value is -1.43. The number of rotatable bonds is 7. The van der Waals surface area contributed by atoms with Gasteiger partial charge in [0.2, 0.25) is 5.91 Å². The van der Waals surface area contributed by atoms with Gasteiger partial charge in [-0.2, -0.15) is 5.10 Å². The largest absolute Gasteiger partial charge is 0.348 e. The number of nitrogens with two attached hydrogens (primary N) is 1. The Balaban J connectivity index is 2.23. The highest BCUT2D eigenvalue weighted by atomic mass is 16.1. The molecule has 0 aliphatic rings. The molecular formula is C12H23N5O. The maximum Gasteiger partial charge on any atom is 0.223 e. The minimum absolute atomic E-state index is 0.00691. The lowest BCUT2D eigenvalue weighted by Crippen LogP contribution is -2.29. The van der Waals surface area contributed by atoms with Gasteiger partial charge >= 0.3 is 0 Å². The summed E-state index contributed by atoms with van der Waals surface area (Å²) in [6.45, 7) is 4.30. The van der Waals surface area contributed by atoms with Crippen LogP contribution in [-0.4, -0.2) is 26.7 Å². The lowest BCUT2D eigenvalue weighted by Gasteiger charge is -2.12. The molecule has 1 aromatic rings. The van der Waals surface area contributed by atoms with Crippen molar-refractivity contribution in [1.29, 1.82) is 0 Å². The molecule has 6 heteroatoms. The van der Waals surface area contributed by atoms with Crippen LogP contribution in [0.4, 0.5) is 0 Å². The normalized spacial score (nSPS) is 14.2. The third kappa shape index (κ3) is 5.27. The van der Waals surface area contributed by atoms with Gasteiger partial charge in [0, 0.05) is 19.0 Å². The molecule has 1 rings (SSSR count). The highest BCUT2D eigenvalue weighted by Gasteiger charge is 2.13. The van der Waals surface area contributed by atoms with E-state index in [4.69, 9.17) is 5.73 Å². The molecule has 1 heterocycles. The molecule has 0 bridgehead atoms. The average molecular weight is 253 g/mol. The van der Waals surface area contributed by atoms with Gasteiger partial charge in [-0.1, -0.05) is 13.3 Å². The predicted octanol–water partition coefficient (Wildman–Crippen LogP) is 0.585. The van der Waals surface area contributed by atoms with Gasteiger partial charge in [0.05, 0.1) is 6.54 Å². The first-order valence-electron chi connectivity index (χ1n) is 6.37. The van der Waals surface area contributed by atoms with Crippen molar-refractivity contribution in [2.45, 2.75) is 45.7 Å². The second-order valence-corrected chi connectivity index (χ2v) is 4.86. The van der Waals surface area contributed by atoms with Gasteiger partial charge in [0.1, 0.15) is 6.33 Å². The Labute approximate surface area is 108 Å². The summed E-state index contributed by atoms with van der Waals surface area (Å²) < 4.78 is 1.62. The second-order valence-electron chi connectivity index (χ2n) is 4.86. The molecule has 102 valence electrons. The molecule has 0 saturated carbocycles. The molecular weight excluding hydrogens is 230 g/mol. The molecule has 0 aromatic carbocycles. The lowest BCUT2D eigenvalue weighted by atomic mass is 10.0. The topological polar surface area (TPSA) is 85.8 Å². The van der Waals surface area contributed by atoms with E-state index >= 15 is 0 Å². The molecule has 0 fully saturated rings. The van der Waals surface area contributed by atoms with Crippen LogP contribution >= 0.6 is 0 Å². The number of carbonyl (C=O) groups excluding carboxylic acids is 1. The second kappa shape index (κ2) is 7.10. The van der Waals surface area contributed by atoms with Crippen molar-refractivity contribution < 1.29 is 4.79 Å². The molecule has 18 heavy (non-hydrogen) atoms. The third-order valence-corrected chi connectivity index (χ3v) is 2.81. The predicted molar refractivity (Wildman–Crippen MR) is 69.5 cm³/mol. The minimum Gasteiger partial charge on any atom is -0.348 e. The van der Waals surface area contributed by atoms with Gasteiger partial charge in [0.15, 0.2) is 5.82 Å². The van der Waals surface area contributed by atoms with Gasteiger partial charge < -0.3 is 11.1 Å². The molecule has 0 aliphatic heterocycles. The Bertz CT molecular complexity index is 374. The molecule has 2 atom stereocenters. The van der Waals surface area contributed by atoms with E-state index in [9.17, 15) is 4.79 Å². The molecule has 0 aliphatic carbocycles. The van der Waals surface area contributed by atoms with Crippen LogP contribution in [0.2, 0.25) is 0 Å². The maximum absolute atomic E-state index is 11.8. The fraction of sp³-hybridized carbons (Fsp3) is 0.750. The van der Waals surface area contributed by atoms with Crippen LogP contribution in [0.15, 0.2) is 6.33 Å². The van der Waals surface area contributed by atoms with Gasteiger partial charge in [-0.05, 0) is 19.8 Å². The van der Waals surface area contributed by atoms with Gasteiger partial charge in [-0.25, -0.2) is 4.98 Å². The number of hydrogen-bond acceptors (Lipinski definition) is 4. The van der Waals surface area contributed by atoms with Crippen LogP contribution in [-0.2, 0) is 18.4 Å². The van der Waals surface area contributed by atoms with Crippen LogP contribution in [0, 0.1) is 5.92 Å². The smallest absolute Gasteiger partial charge is 0.223 e. The standard InChI is InChI=1S/C12H23N5O/c1-9(5-4-6-10(2)13)12(18)14-7-11-15-8-17(3)16-11/h8-10H,4-7,13H2,1-3H3,(H,14,18). The summed E-state index contributed by atoms with van der Waals surface area (Å²) in [5.41, 5.74) is 5.67. The summed E-state index contributed by atoms with van der Waals surface area (Å²) in [6.07, 6.45) is 4.42. The van der Waals surface area contributed by atoms with Gasteiger partial charge in [0.25, 0.3) is 0 Å². The van der Waals surface area contributed by atoms with Gasteiger partial charge in [-0.15, -0.1) is 0 Å². The quantitative estimate of drug-likeness (QED) is 0.744. The Morgan fingerprint density at radius 2 is 2.22 bits per heavy atom. The van der Waals surface area contributed by atoms with Crippen molar-refractivity contribution in [3.8, 4) is 0 Å². The molecule has 6 nitrogen and oxygen atoms in total. The van der Waals surface area contributed by atoms with Crippen LogP contribution in [0.1, 0.15) is 38.9 Å². The molecule has 3 N–H and O–H groups in total. The minimum atomic E-state index is 0.00691. The summed E-state index contributed by atoms with van der Waals surface area (Å²) >= 11 is 0. The molecule has 1 aromatic heterocycles. The summed E-state index contributed by atoms with van der Waals surface area (Å²) in [6, 6.07) is 0.206. The van der Waals surface area contributed by atoms with Crippen molar-refractivity contribution in [3.63, 3.8) is 0 Å². The van der Waals surface area contributed by atoms with Crippen molar-refractivity contribution in [2.75, 3.05) is 0 Å². The molecule has 0 saturated heterocycles. The Morgan fingerprint density at radius 1 is 1.50 bits per heavy atom. The van der Waals surface area contributed by atoms with Gasteiger partial charge in [-0.3, -0.25) is 9.48 Å². The van der Waals surface area contributed by atoms with E-state index in [2.05, 4.69) is 15.4 Å². The van der Waals surface area contributed by atoms with E-state index in [-0.39, 0.29) is 17.9 Å². The van der Waals surface area contributed by atoms with E-state index in [1.807, 2.05) is 13.8 Å². The number of aromatic nitrogens is 3. The first-order valence-corrected chi connectivity index (χ1v) is 6.37. The Morgan fingerprint density at radius 3 is 2.78 bits per heavy atom. The van der Waals surface area contributed by atoms with Crippen molar-refractivity contribution >= 4 is 5.91 Å². The van der Waals surface area contributed by atoms with Crippen LogP contribution < -0.4 is 11.1 Å². The van der Waals surface area contributed by atoms with Crippen molar-refractivity contribution in [3.05, 3.63) is 12.2 Å². The molecule has 0 radical (unpaired) electrons. The van der Waals surface area contributed by atoms with E-state index in [0.29, 0.717) is 12.4 Å². The van der Waals surface area contributed by atoms with E-state index in [1.165, 1.54) is 0 Å². The average Bonchev–Trinajstić information content (AvgIpc) is 2.71. The van der Waals surface area contributed by atoms with Crippen LogP contribution in [0.5, 0.6) is 0 Å².